The Morgan fingerprint density at radius 2 is 1.76 bits per heavy atom. The summed E-state index contributed by atoms with van der Waals surface area (Å²) in [6.07, 6.45) is 1.77. The van der Waals surface area contributed by atoms with Gasteiger partial charge in [-0.2, -0.15) is 0 Å². The van der Waals surface area contributed by atoms with E-state index in [0.717, 1.165) is 18.4 Å². The van der Waals surface area contributed by atoms with Gasteiger partial charge in [0.2, 0.25) is 0 Å². The zero-order valence-electron chi connectivity index (χ0n) is 11.4. The molecule has 0 spiro atoms. The van der Waals surface area contributed by atoms with Crippen molar-refractivity contribution in [3.8, 4) is 0 Å². The van der Waals surface area contributed by atoms with Crippen molar-refractivity contribution in [2.45, 2.75) is 12.8 Å². The maximum atomic E-state index is 12.5. The lowest BCUT2D eigenvalue weighted by Gasteiger charge is -2.07. The molecule has 2 aromatic carbocycles. The highest BCUT2D eigenvalue weighted by atomic mass is 35.5. The van der Waals surface area contributed by atoms with E-state index in [1.54, 1.807) is 36.4 Å². The van der Waals surface area contributed by atoms with Crippen LogP contribution in [-0.4, -0.2) is 18.2 Å². The van der Waals surface area contributed by atoms with Crippen LogP contribution >= 0.6 is 11.6 Å². The van der Waals surface area contributed by atoms with E-state index in [-0.39, 0.29) is 11.7 Å². The summed E-state index contributed by atoms with van der Waals surface area (Å²) in [5.41, 5.74) is 2.69. The van der Waals surface area contributed by atoms with E-state index in [2.05, 4.69) is 5.32 Å². The summed E-state index contributed by atoms with van der Waals surface area (Å²) >= 11 is 5.83. The molecule has 3 nitrogen and oxygen atoms in total. The first kappa shape index (κ1) is 13.8. The number of ketones is 1. The van der Waals surface area contributed by atoms with Gasteiger partial charge in [0, 0.05) is 28.3 Å². The summed E-state index contributed by atoms with van der Waals surface area (Å²) in [6, 6.07) is 12.1. The van der Waals surface area contributed by atoms with Crippen LogP contribution in [0.25, 0.3) is 0 Å². The fourth-order valence-electron chi connectivity index (χ4n) is 2.49. The van der Waals surface area contributed by atoms with Crippen LogP contribution in [0.5, 0.6) is 0 Å². The first-order chi connectivity index (χ1) is 10.1. The molecule has 0 fully saturated rings. The smallest absolute Gasteiger partial charge is 0.251 e. The van der Waals surface area contributed by atoms with Gasteiger partial charge in [-0.1, -0.05) is 23.7 Å². The van der Waals surface area contributed by atoms with Gasteiger partial charge in [0.25, 0.3) is 5.91 Å². The Balaban J connectivity index is 1.98. The van der Waals surface area contributed by atoms with Crippen LogP contribution in [0.3, 0.4) is 0 Å². The molecule has 0 saturated carbocycles. The fraction of sp³-hybridized carbons (Fsp3) is 0.176. The zero-order chi connectivity index (χ0) is 14.8. The molecular formula is C17H14ClNO2. The Morgan fingerprint density at radius 1 is 1.05 bits per heavy atom. The molecule has 0 saturated heterocycles. The minimum Gasteiger partial charge on any atom is -0.352 e. The topological polar surface area (TPSA) is 46.2 Å². The molecule has 1 heterocycles. The van der Waals surface area contributed by atoms with Crippen LogP contribution in [0.1, 0.15) is 38.3 Å². The number of fused-ring (bicyclic) bond motifs is 1. The summed E-state index contributed by atoms with van der Waals surface area (Å²) in [6.45, 7) is 0.675. The van der Waals surface area contributed by atoms with Crippen LogP contribution < -0.4 is 5.32 Å². The molecule has 106 valence electrons. The van der Waals surface area contributed by atoms with E-state index in [9.17, 15) is 9.59 Å². The van der Waals surface area contributed by atoms with Crippen molar-refractivity contribution >= 4 is 23.3 Å². The summed E-state index contributed by atoms with van der Waals surface area (Å²) in [5, 5.41) is 3.44. The normalized spacial score (nSPS) is 14.0. The van der Waals surface area contributed by atoms with Crippen LogP contribution in [0, 0.1) is 0 Å². The number of aryl methyl sites for hydroxylation is 1. The molecule has 1 N–H and O–H groups in total. The first-order valence-electron chi connectivity index (χ1n) is 6.86. The van der Waals surface area contributed by atoms with Crippen molar-refractivity contribution in [3.05, 3.63) is 69.7 Å². The van der Waals surface area contributed by atoms with Crippen molar-refractivity contribution in [2.75, 3.05) is 6.54 Å². The third kappa shape index (κ3) is 2.83. The van der Waals surface area contributed by atoms with E-state index in [1.165, 1.54) is 0 Å². The number of carbonyl (C=O) groups excluding carboxylic acids is 2. The Kier molecular flexibility index (Phi) is 3.76. The number of carbonyl (C=O) groups is 2. The maximum absolute atomic E-state index is 12.5. The van der Waals surface area contributed by atoms with Crippen molar-refractivity contribution in [1.82, 2.24) is 5.32 Å². The van der Waals surface area contributed by atoms with E-state index < -0.39 is 0 Å². The lowest BCUT2D eigenvalue weighted by Crippen LogP contribution is -2.22. The second kappa shape index (κ2) is 5.70. The number of benzene rings is 2. The zero-order valence-corrected chi connectivity index (χ0v) is 12.1. The average molecular weight is 300 g/mol. The fourth-order valence-corrected chi connectivity index (χ4v) is 2.62. The van der Waals surface area contributed by atoms with E-state index in [4.69, 9.17) is 11.6 Å². The molecule has 0 atom stereocenters. The highest BCUT2D eigenvalue weighted by molar-refractivity contribution is 6.30. The molecular weight excluding hydrogens is 286 g/mol. The average Bonchev–Trinajstić information content (AvgIpc) is 2.69. The van der Waals surface area contributed by atoms with E-state index in [1.807, 2.05) is 6.07 Å². The van der Waals surface area contributed by atoms with Crippen LogP contribution in [0.2, 0.25) is 5.02 Å². The number of hydrogen-bond acceptors (Lipinski definition) is 2. The molecule has 0 unspecified atom stereocenters. The van der Waals surface area contributed by atoms with Crippen molar-refractivity contribution in [2.24, 2.45) is 0 Å². The van der Waals surface area contributed by atoms with Gasteiger partial charge in [-0.15, -0.1) is 0 Å². The van der Waals surface area contributed by atoms with Gasteiger partial charge in [0.15, 0.2) is 5.78 Å². The van der Waals surface area contributed by atoms with Gasteiger partial charge in [-0.25, -0.2) is 0 Å². The standard InChI is InChI=1S/C17H14ClNO2/c18-14-7-5-12(6-8-14)16(20)13-4-3-11-2-1-9-19-17(21)15(11)10-13/h3-8,10H,1-2,9H2,(H,19,21). The number of halogens is 1. The molecule has 2 aromatic rings. The highest BCUT2D eigenvalue weighted by Gasteiger charge is 2.18. The van der Waals surface area contributed by atoms with Gasteiger partial charge < -0.3 is 5.32 Å². The quantitative estimate of drug-likeness (QED) is 0.865. The van der Waals surface area contributed by atoms with E-state index >= 15 is 0 Å². The van der Waals surface area contributed by atoms with Crippen molar-refractivity contribution in [1.29, 1.82) is 0 Å². The Morgan fingerprint density at radius 3 is 2.52 bits per heavy atom. The summed E-state index contributed by atoms with van der Waals surface area (Å²) in [4.78, 5) is 24.5. The maximum Gasteiger partial charge on any atom is 0.251 e. The minimum atomic E-state index is -0.105. The summed E-state index contributed by atoms with van der Waals surface area (Å²) < 4.78 is 0. The van der Waals surface area contributed by atoms with Gasteiger partial charge in [-0.3, -0.25) is 9.59 Å². The van der Waals surface area contributed by atoms with E-state index in [0.29, 0.717) is 28.3 Å². The molecule has 1 amide bonds. The Labute approximate surface area is 127 Å². The second-order valence-corrected chi connectivity index (χ2v) is 5.50. The van der Waals surface area contributed by atoms with Crippen LogP contribution in [0.4, 0.5) is 0 Å². The third-order valence-electron chi connectivity index (χ3n) is 3.63. The van der Waals surface area contributed by atoms with Crippen molar-refractivity contribution in [3.63, 3.8) is 0 Å². The number of nitrogens with one attached hydrogen (secondary N) is 1. The summed E-state index contributed by atoms with van der Waals surface area (Å²) in [5.74, 6) is -0.209. The molecule has 3 rings (SSSR count). The molecule has 21 heavy (non-hydrogen) atoms. The third-order valence-corrected chi connectivity index (χ3v) is 3.88. The largest absolute Gasteiger partial charge is 0.352 e. The predicted octanol–water partition coefficient (Wildman–Crippen LogP) is 3.25. The first-order valence-corrected chi connectivity index (χ1v) is 7.24. The predicted molar refractivity (Wildman–Crippen MR) is 82.0 cm³/mol. The number of rotatable bonds is 2. The lowest BCUT2D eigenvalue weighted by molar-refractivity contribution is 0.0956. The molecule has 1 aliphatic heterocycles. The number of hydrogen-bond donors (Lipinski definition) is 1. The monoisotopic (exact) mass is 299 g/mol. The van der Waals surface area contributed by atoms with Gasteiger partial charge in [0.05, 0.1) is 0 Å². The lowest BCUT2D eigenvalue weighted by atomic mass is 9.96. The van der Waals surface area contributed by atoms with Gasteiger partial charge in [-0.05, 0) is 48.7 Å². The molecule has 0 radical (unpaired) electrons. The van der Waals surface area contributed by atoms with Gasteiger partial charge >= 0.3 is 0 Å². The van der Waals surface area contributed by atoms with Crippen LogP contribution in [-0.2, 0) is 6.42 Å². The Hall–Kier alpha value is -2.13. The van der Waals surface area contributed by atoms with Crippen LogP contribution in [0.15, 0.2) is 42.5 Å². The summed E-state index contributed by atoms with van der Waals surface area (Å²) in [7, 11) is 0. The molecule has 1 aliphatic rings. The molecule has 0 aliphatic carbocycles. The SMILES string of the molecule is O=C(c1ccc(Cl)cc1)c1ccc2c(c1)C(=O)NCCC2. The molecule has 0 bridgehead atoms. The Bertz CT molecular complexity index is 707. The minimum absolute atomic E-state index is 0.103. The number of amides is 1. The molecule has 0 aromatic heterocycles. The van der Waals surface area contributed by atoms with Gasteiger partial charge in [0.1, 0.15) is 0 Å². The van der Waals surface area contributed by atoms with Crippen molar-refractivity contribution < 1.29 is 9.59 Å². The molecule has 4 heteroatoms. The highest BCUT2D eigenvalue weighted by Crippen LogP contribution is 2.19. The second-order valence-electron chi connectivity index (χ2n) is 5.07.